The molecule has 0 fully saturated rings. The number of allylic oxidation sites excluding steroid dienone is 4. The number of aliphatic hydroxyl groups excluding tert-OH is 1. The maximum absolute atomic E-state index is 12.3. The van der Waals surface area contributed by atoms with Crippen LogP contribution in [0.1, 0.15) is 290 Å². The molecule has 59 heavy (non-hydrogen) atoms. The molecule has 0 bridgehead atoms. The van der Waals surface area contributed by atoms with Crippen LogP contribution < -0.4 is 0 Å². The van der Waals surface area contributed by atoms with E-state index in [1.807, 2.05) is 0 Å². The second-order valence-corrected chi connectivity index (χ2v) is 17.9. The van der Waals surface area contributed by atoms with Crippen molar-refractivity contribution in [1.82, 2.24) is 0 Å². The molecule has 0 heterocycles. The van der Waals surface area contributed by atoms with E-state index in [0.29, 0.717) is 12.8 Å². The molecule has 1 atom stereocenters. The van der Waals surface area contributed by atoms with Gasteiger partial charge in [0.15, 0.2) is 6.10 Å². The minimum Gasteiger partial charge on any atom is -0.462 e. The highest BCUT2D eigenvalue weighted by Crippen LogP contribution is 2.16. The molecule has 0 amide bonds. The Balaban J connectivity index is 3.43. The van der Waals surface area contributed by atoms with Crippen LogP contribution in [0.3, 0.4) is 0 Å². The van der Waals surface area contributed by atoms with Gasteiger partial charge < -0.3 is 14.6 Å². The summed E-state index contributed by atoms with van der Waals surface area (Å²) in [5.41, 5.74) is 0. The fraction of sp³-hybridized carbons (Fsp3) is 0.889. The Hall–Kier alpha value is -1.62. The summed E-state index contributed by atoms with van der Waals surface area (Å²) in [7, 11) is 0. The number of hydrogen-bond donors (Lipinski definition) is 1. The molecule has 0 aromatic rings. The zero-order chi connectivity index (χ0) is 42.8. The second kappa shape index (κ2) is 50.7. The van der Waals surface area contributed by atoms with Crippen molar-refractivity contribution in [3.63, 3.8) is 0 Å². The third-order valence-corrected chi connectivity index (χ3v) is 12.0. The fourth-order valence-corrected chi connectivity index (χ4v) is 7.96. The average Bonchev–Trinajstić information content (AvgIpc) is 3.24. The van der Waals surface area contributed by atoms with Crippen LogP contribution in [0.15, 0.2) is 24.3 Å². The van der Waals surface area contributed by atoms with E-state index in [-0.39, 0.29) is 25.2 Å². The topological polar surface area (TPSA) is 72.8 Å². The molecule has 0 saturated carbocycles. The molecule has 0 spiro atoms. The van der Waals surface area contributed by atoms with Crippen molar-refractivity contribution in [2.45, 2.75) is 296 Å². The number of esters is 2. The lowest BCUT2D eigenvalue weighted by atomic mass is 10.0. The van der Waals surface area contributed by atoms with E-state index in [1.54, 1.807) is 0 Å². The van der Waals surface area contributed by atoms with E-state index < -0.39 is 6.10 Å². The maximum Gasteiger partial charge on any atom is 0.306 e. The largest absolute Gasteiger partial charge is 0.462 e. The van der Waals surface area contributed by atoms with E-state index in [4.69, 9.17) is 9.47 Å². The predicted octanol–water partition coefficient (Wildman–Crippen LogP) is 17.4. The lowest BCUT2D eigenvalue weighted by Crippen LogP contribution is -2.28. The molecular weight excluding hydrogens is 729 g/mol. The first-order chi connectivity index (χ1) is 29.1. The number of unbranched alkanes of at least 4 members (excludes halogenated alkanes) is 37. The smallest absolute Gasteiger partial charge is 0.306 e. The van der Waals surface area contributed by atoms with Crippen LogP contribution >= 0.6 is 0 Å². The number of hydrogen-bond acceptors (Lipinski definition) is 5. The van der Waals surface area contributed by atoms with Crippen molar-refractivity contribution in [2.75, 3.05) is 13.2 Å². The summed E-state index contributed by atoms with van der Waals surface area (Å²) in [5, 5.41) is 9.62. The summed E-state index contributed by atoms with van der Waals surface area (Å²) in [4.78, 5) is 24.4. The summed E-state index contributed by atoms with van der Waals surface area (Å²) >= 11 is 0. The zero-order valence-corrected chi connectivity index (χ0v) is 39.8. The molecule has 0 aliphatic heterocycles. The SMILES string of the molecule is CCCCCCCCC/C=C\CCCCCCCC(=O)OCC(CO)OC(=O)CCCCCCCCCCCCCCCCCCC/C=C\CCCCCCCCCC. The number of carbonyl (C=O) groups excluding carboxylic acids is 2. The van der Waals surface area contributed by atoms with E-state index in [1.165, 1.54) is 218 Å². The number of carbonyl (C=O) groups is 2. The predicted molar refractivity (Wildman–Crippen MR) is 256 cm³/mol. The zero-order valence-electron chi connectivity index (χ0n) is 39.8. The van der Waals surface area contributed by atoms with Gasteiger partial charge in [-0.3, -0.25) is 9.59 Å². The Bertz CT molecular complexity index is 897. The molecule has 1 unspecified atom stereocenters. The van der Waals surface area contributed by atoms with E-state index >= 15 is 0 Å². The number of ether oxygens (including phenoxy) is 2. The van der Waals surface area contributed by atoms with Gasteiger partial charge in [0.2, 0.25) is 0 Å². The normalized spacial score (nSPS) is 12.3. The van der Waals surface area contributed by atoms with Crippen LogP contribution in [0.5, 0.6) is 0 Å². The molecule has 0 rings (SSSR count). The summed E-state index contributed by atoms with van der Waals surface area (Å²) < 4.78 is 10.7. The van der Waals surface area contributed by atoms with E-state index in [9.17, 15) is 14.7 Å². The van der Waals surface area contributed by atoms with Crippen molar-refractivity contribution in [2.24, 2.45) is 0 Å². The van der Waals surface area contributed by atoms with Crippen molar-refractivity contribution in [3.05, 3.63) is 24.3 Å². The molecule has 0 radical (unpaired) electrons. The first-order valence-electron chi connectivity index (χ1n) is 26.4. The molecule has 0 aliphatic carbocycles. The molecule has 5 nitrogen and oxygen atoms in total. The highest BCUT2D eigenvalue weighted by Gasteiger charge is 2.16. The van der Waals surface area contributed by atoms with E-state index in [2.05, 4.69) is 38.2 Å². The van der Waals surface area contributed by atoms with Crippen molar-refractivity contribution < 1.29 is 24.2 Å². The van der Waals surface area contributed by atoms with Gasteiger partial charge in [-0.15, -0.1) is 0 Å². The highest BCUT2D eigenvalue weighted by molar-refractivity contribution is 5.70. The van der Waals surface area contributed by atoms with Gasteiger partial charge >= 0.3 is 11.9 Å². The molecule has 0 aromatic heterocycles. The van der Waals surface area contributed by atoms with Gasteiger partial charge in [0.1, 0.15) is 6.61 Å². The first kappa shape index (κ1) is 57.4. The third kappa shape index (κ3) is 48.9. The molecule has 0 aromatic carbocycles. The van der Waals surface area contributed by atoms with Gasteiger partial charge in [0.25, 0.3) is 0 Å². The second-order valence-electron chi connectivity index (χ2n) is 17.9. The minimum absolute atomic E-state index is 0.0653. The number of aliphatic hydroxyl groups is 1. The summed E-state index contributed by atoms with van der Waals surface area (Å²) in [6.45, 7) is 4.16. The van der Waals surface area contributed by atoms with Crippen LogP contribution in [-0.4, -0.2) is 36.4 Å². The van der Waals surface area contributed by atoms with Gasteiger partial charge in [-0.25, -0.2) is 0 Å². The molecule has 0 saturated heterocycles. The average molecular weight is 831 g/mol. The monoisotopic (exact) mass is 831 g/mol. The molecular formula is C54H102O5. The van der Waals surface area contributed by atoms with Crippen molar-refractivity contribution in [3.8, 4) is 0 Å². The van der Waals surface area contributed by atoms with Crippen LogP contribution in [0.25, 0.3) is 0 Å². The standard InChI is InChI=1S/C54H102O5/c1-3-5-7-9-11-13-15-17-19-21-22-23-24-25-26-27-28-29-30-31-32-33-35-37-39-41-43-45-47-49-54(57)59-52(50-55)51-58-53(56)48-46-44-42-40-38-36-34-20-18-16-14-12-10-8-6-4-2/h20-22,34,52,55H,3-19,23-33,35-51H2,1-2H3/b22-21-,34-20-. The van der Waals surface area contributed by atoms with Crippen LogP contribution in [0.2, 0.25) is 0 Å². The third-order valence-electron chi connectivity index (χ3n) is 12.0. The Kier molecular flexibility index (Phi) is 49.3. The quantitative estimate of drug-likeness (QED) is 0.0376. The van der Waals surface area contributed by atoms with Gasteiger partial charge in [-0.1, -0.05) is 237 Å². The van der Waals surface area contributed by atoms with E-state index in [0.717, 1.165) is 44.9 Å². The van der Waals surface area contributed by atoms with Crippen LogP contribution in [0.4, 0.5) is 0 Å². The lowest BCUT2D eigenvalue weighted by Gasteiger charge is -2.15. The van der Waals surface area contributed by atoms with Crippen molar-refractivity contribution in [1.29, 1.82) is 0 Å². The molecule has 5 heteroatoms. The first-order valence-corrected chi connectivity index (χ1v) is 26.4. The summed E-state index contributed by atoms with van der Waals surface area (Å²) in [6.07, 6.45) is 62.9. The molecule has 1 N–H and O–H groups in total. The summed E-state index contributed by atoms with van der Waals surface area (Å²) in [6, 6.07) is 0. The summed E-state index contributed by atoms with van der Waals surface area (Å²) in [5.74, 6) is -0.586. The van der Waals surface area contributed by atoms with Crippen molar-refractivity contribution >= 4 is 11.9 Å². The van der Waals surface area contributed by atoms with Gasteiger partial charge in [0.05, 0.1) is 6.61 Å². The molecule has 348 valence electrons. The Morgan fingerprint density at radius 3 is 0.915 bits per heavy atom. The van der Waals surface area contributed by atoms with Crippen LogP contribution in [0, 0.1) is 0 Å². The highest BCUT2D eigenvalue weighted by atomic mass is 16.6. The fourth-order valence-electron chi connectivity index (χ4n) is 7.96. The minimum atomic E-state index is -0.771. The Morgan fingerprint density at radius 2 is 0.627 bits per heavy atom. The van der Waals surface area contributed by atoms with Crippen LogP contribution in [-0.2, 0) is 19.1 Å². The molecule has 0 aliphatic rings. The van der Waals surface area contributed by atoms with Gasteiger partial charge in [-0.05, 0) is 64.2 Å². The maximum atomic E-state index is 12.3. The van der Waals surface area contributed by atoms with Gasteiger partial charge in [-0.2, -0.15) is 0 Å². The lowest BCUT2D eigenvalue weighted by molar-refractivity contribution is -0.161. The number of rotatable bonds is 49. The Labute approximate surface area is 368 Å². The Morgan fingerprint density at radius 1 is 0.373 bits per heavy atom. The van der Waals surface area contributed by atoms with Gasteiger partial charge in [0, 0.05) is 12.8 Å².